The van der Waals surface area contributed by atoms with Crippen molar-refractivity contribution in [2.75, 3.05) is 0 Å². The van der Waals surface area contributed by atoms with Crippen LogP contribution >= 0.6 is 46.1 Å². The van der Waals surface area contributed by atoms with Gasteiger partial charge in [0, 0.05) is 21.7 Å². The van der Waals surface area contributed by atoms with Crippen LogP contribution in [-0.4, -0.2) is 44.5 Å². The summed E-state index contributed by atoms with van der Waals surface area (Å²) < 4.78 is 42.6. The highest BCUT2D eigenvalue weighted by Crippen LogP contribution is 2.55. The Morgan fingerprint density at radius 3 is 2.28 bits per heavy atom. The molecule has 0 radical (unpaired) electrons. The van der Waals surface area contributed by atoms with E-state index < -0.39 is 23.9 Å². The van der Waals surface area contributed by atoms with Crippen LogP contribution < -0.4 is 5.32 Å². The van der Waals surface area contributed by atoms with Gasteiger partial charge in [0.1, 0.15) is 10.7 Å². The first-order chi connectivity index (χ1) is 18.5. The molecule has 2 aromatic heterocycles. The van der Waals surface area contributed by atoms with Gasteiger partial charge in [0.25, 0.3) is 12.3 Å². The fraction of sp³-hybridized carbons (Fsp3) is 0.308. The lowest BCUT2D eigenvalue weighted by Crippen LogP contribution is -2.30. The van der Waals surface area contributed by atoms with Crippen molar-refractivity contribution in [2.45, 2.75) is 50.7 Å². The van der Waals surface area contributed by atoms with Crippen LogP contribution in [0.4, 0.5) is 13.2 Å². The van der Waals surface area contributed by atoms with Crippen LogP contribution in [0.1, 0.15) is 42.1 Å². The second-order valence-corrected chi connectivity index (χ2v) is 11.8. The van der Waals surface area contributed by atoms with Crippen LogP contribution in [0.5, 0.6) is 0 Å². The molecule has 204 valence electrons. The number of halogens is 6. The molecule has 1 aliphatic carbocycles. The number of nitrogens with zero attached hydrogens (tertiary/aromatic N) is 4. The maximum Gasteiger partial charge on any atom is 0.270 e. The fourth-order valence-corrected chi connectivity index (χ4v) is 6.04. The normalized spacial score (nSPS) is 15.1. The Balaban J connectivity index is 1.75. The van der Waals surface area contributed by atoms with E-state index in [0.717, 1.165) is 11.3 Å². The molecule has 0 bridgehead atoms. The van der Waals surface area contributed by atoms with Gasteiger partial charge in [-0.3, -0.25) is 4.79 Å². The molecular weight excluding hydrogens is 594 g/mol. The summed E-state index contributed by atoms with van der Waals surface area (Å²) in [7, 11) is 0. The lowest BCUT2D eigenvalue weighted by molar-refractivity contribution is 0.0278. The quantitative estimate of drug-likeness (QED) is 0.220. The highest BCUT2D eigenvalue weighted by molar-refractivity contribution is 7.14. The second kappa shape index (κ2) is 10.7. The highest BCUT2D eigenvalue weighted by atomic mass is 35.5. The highest BCUT2D eigenvalue weighted by Gasteiger charge is 2.57. The van der Waals surface area contributed by atoms with E-state index in [-0.39, 0.29) is 45.2 Å². The lowest BCUT2D eigenvalue weighted by Gasteiger charge is -2.15. The maximum atomic E-state index is 14.5. The molecule has 1 saturated carbocycles. The molecule has 39 heavy (non-hydrogen) atoms. The molecule has 13 heteroatoms. The monoisotopic (exact) mass is 613 g/mol. The first kappa shape index (κ1) is 27.9. The van der Waals surface area contributed by atoms with E-state index in [1.165, 1.54) is 4.68 Å². The van der Waals surface area contributed by atoms with Crippen molar-refractivity contribution >= 4 is 52.0 Å². The smallest absolute Gasteiger partial charge is 0.270 e. The maximum absolute atomic E-state index is 14.5. The molecule has 1 unspecified atom stereocenters. The van der Waals surface area contributed by atoms with Crippen LogP contribution in [0.25, 0.3) is 27.6 Å². The summed E-state index contributed by atoms with van der Waals surface area (Å²) in [5.41, 5.74) is 0.346. The molecule has 1 fully saturated rings. The van der Waals surface area contributed by atoms with Gasteiger partial charge in [-0.15, -0.1) is 10.2 Å². The molecule has 6 nitrogen and oxygen atoms in total. The standard InChI is InChI=1S/C26H21Cl3F3N5OS/c1-12(2)33-23(38)18-19(24-34-35-25(39-24)26(9-10-26)21(30)22(31)32)36-37(17-8-7-15(28)11-16(17)29)20(18)13-3-5-14(27)6-4-13/h3-8,11-12,21-22H,9-10H2,1-2H3,(H,33,38). The summed E-state index contributed by atoms with van der Waals surface area (Å²) in [6, 6.07) is 11.4. The minimum absolute atomic E-state index is 0.146. The molecule has 4 aromatic rings. The van der Waals surface area contributed by atoms with Gasteiger partial charge < -0.3 is 5.32 Å². The van der Waals surface area contributed by atoms with Gasteiger partial charge in [-0.2, -0.15) is 5.10 Å². The zero-order valence-electron chi connectivity index (χ0n) is 20.6. The van der Waals surface area contributed by atoms with Crippen LogP contribution in [0, 0.1) is 0 Å². The first-order valence-corrected chi connectivity index (χ1v) is 13.9. The van der Waals surface area contributed by atoms with Crippen LogP contribution in [0.15, 0.2) is 42.5 Å². The van der Waals surface area contributed by atoms with Crippen molar-refractivity contribution in [3.8, 4) is 27.6 Å². The molecular formula is C26H21Cl3F3N5OS. The molecule has 5 rings (SSSR count). The number of aromatic nitrogens is 4. The van der Waals surface area contributed by atoms with Crippen molar-refractivity contribution < 1.29 is 18.0 Å². The number of benzene rings is 2. The van der Waals surface area contributed by atoms with Crippen molar-refractivity contribution in [1.29, 1.82) is 0 Å². The minimum Gasteiger partial charge on any atom is -0.350 e. The Kier molecular flexibility index (Phi) is 7.67. The topological polar surface area (TPSA) is 72.7 Å². The van der Waals surface area contributed by atoms with E-state index >= 15 is 0 Å². The van der Waals surface area contributed by atoms with Gasteiger partial charge in [-0.25, -0.2) is 17.9 Å². The molecule has 1 amide bonds. The number of hydrogen-bond donors (Lipinski definition) is 1. The Labute approximate surface area is 241 Å². The summed E-state index contributed by atoms with van der Waals surface area (Å²) >= 11 is 19.8. The van der Waals surface area contributed by atoms with E-state index in [2.05, 4.69) is 15.5 Å². The molecule has 1 aliphatic rings. The van der Waals surface area contributed by atoms with E-state index in [4.69, 9.17) is 39.9 Å². The third-order valence-electron chi connectivity index (χ3n) is 6.38. The minimum atomic E-state index is -3.14. The average Bonchev–Trinajstić information content (AvgIpc) is 3.35. The third-order valence-corrected chi connectivity index (χ3v) is 8.32. The Hall–Kier alpha value is -2.66. The largest absolute Gasteiger partial charge is 0.350 e. The predicted molar refractivity (Wildman–Crippen MR) is 147 cm³/mol. The third kappa shape index (κ3) is 5.27. The van der Waals surface area contributed by atoms with Crippen LogP contribution in [-0.2, 0) is 5.41 Å². The van der Waals surface area contributed by atoms with Crippen molar-refractivity contribution in [3.63, 3.8) is 0 Å². The molecule has 0 spiro atoms. The number of carbonyl (C=O) groups excluding carboxylic acids is 1. The molecule has 0 aliphatic heterocycles. The Bertz CT molecular complexity index is 1540. The Morgan fingerprint density at radius 2 is 1.69 bits per heavy atom. The summed E-state index contributed by atoms with van der Waals surface area (Å²) in [4.78, 5) is 13.7. The number of alkyl halides is 3. The molecule has 2 aromatic carbocycles. The number of rotatable bonds is 8. The molecule has 2 heterocycles. The summed E-state index contributed by atoms with van der Waals surface area (Å²) in [5, 5.41) is 17.4. The number of carbonyl (C=O) groups is 1. The number of amides is 1. The number of nitrogens with one attached hydrogen (secondary N) is 1. The van der Waals surface area contributed by atoms with Crippen molar-refractivity contribution in [1.82, 2.24) is 25.3 Å². The second-order valence-electron chi connectivity index (χ2n) is 9.52. The zero-order chi connectivity index (χ0) is 28.1. The van der Waals surface area contributed by atoms with Crippen LogP contribution in [0.2, 0.25) is 15.1 Å². The fourth-order valence-electron chi connectivity index (χ4n) is 4.32. The van der Waals surface area contributed by atoms with Crippen molar-refractivity contribution in [2.24, 2.45) is 0 Å². The molecule has 0 saturated heterocycles. The molecule has 1 N–H and O–H groups in total. The van der Waals surface area contributed by atoms with E-state index in [9.17, 15) is 18.0 Å². The lowest BCUT2D eigenvalue weighted by atomic mass is 10.0. The first-order valence-electron chi connectivity index (χ1n) is 11.9. The van der Waals surface area contributed by atoms with Gasteiger partial charge in [-0.1, -0.05) is 58.3 Å². The summed E-state index contributed by atoms with van der Waals surface area (Å²) in [5.74, 6) is -0.449. The number of hydrogen-bond acceptors (Lipinski definition) is 5. The van der Waals surface area contributed by atoms with Crippen LogP contribution in [0.3, 0.4) is 0 Å². The molecule has 1 atom stereocenters. The van der Waals surface area contributed by atoms with E-state index in [0.29, 0.717) is 27.0 Å². The average molecular weight is 615 g/mol. The van der Waals surface area contributed by atoms with Gasteiger partial charge >= 0.3 is 0 Å². The van der Waals surface area contributed by atoms with Gasteiger partial charge in [0.05, 0.1) is 27.4 Å². The van der Waals surface area contributed by atoms with Crippen molar-refractivity contribution in [3.05, 3.63) is 68.1 Å². The Morgan fingerprint density at radius 1 is 1.03 bits per heavy atom. The predicted octanol–water partition coefficient (Wildman–Crippen LogP) is 7.79. The SMILES string of the molecule is CC(C)NC(=O)c1c(-c2nnc(C3(C(F)C(F)F)CC3)s2)nn(-c2ccc(Cl)cc2Cl)c1-c1ccc(Cl)cc1. The van der Waals surface area contributed by atoms with Gasteiger partial charge in [0.2, 0.25) is 0 Å². The van der Waals surface area contributed by atoms with E-state index in [1.807, 2.05) is 13.8 Å². The summed E-state index contributed by atoms with van der Waals surface area (Å²) in [6.45, 7) is 3.62. The zero-order valence-corrected chi connectivity index (χ0v) is 23.6. The van der Waals surface area contributed by atoms with Gasteiger partial charge in [0.15, 0.2) is 11.2 Å². The van der Waals surface area contributed by atoms with Gasteiger partial charge in [-0.05, 0) is 57.0 Å². The van der Waals surface area contributed by atoms with E-state index in [1.54, 1.807) is 42.5 Å². The summed E-state index contributed by atoms with van der Waals surface area (Å²) in [6.07, 6.45) is -5.04.